The molecular weight excluding hydrogens is 248 g/mol. The highest BCUT2D eigenvalue weighted by Gasteiger charge is 2.12. The van der Waals surface area contributed by atoms with Gasteiger partial charge in [0.05, 0.1) is 4.90 Å². The van der Waals surface area contributed by atoms with Gasteiger partial charge in [0, 0.05) is 13.1 Å². The molecule has 0 aliphatic rings. The van der Waals surface area contributed by atoms with Gasteiger partial charge >= 0.3 is 0 Å². The molecule has 0 unspecified atom stereocenters. The third-order valence-electron chi connectivity index (χ3n) is 2.79. The SMILES string of the molecule is CCCCCCNS(=O)(=O)c1ccc(CN)cc1. The third-order valence-corrected chi connectivity index (χ3v) is 4.27. The first-order chi connectivity index (χ1) is 8.60. The van der Waals surface area contributed by atoms with Crippen molar-refractivity contribution in [2.24, 2.45) is 5.73 Å². The van der Waals surface area contributed by atoms with Crippen LogP contribution in [0.25, 0.3) is 0 Å². The molecule has 0 aromatic heterocycles. The predicted molar refractivity (Wildman–Crippen MR) is 73.7 cm³/mol. The first kappa shape index (κ1) is 15.1. The minimum absolute atomic E-state index is 0.301. The second-order valence-corrected chi connectivity index (χ2v) is 6.07. The van der Waals surface area contributed by atoms with Gasteiger partial charge in [0.1, 0.15) is 0 Å². The van der Waals surface area contributed by atoms with Gasteiger partial charge in [-0.1, -0.05) is 38.3 Å². The van der Waals surface area contributed by atoms with Gasteiger partial charge in [-0.2, -0.15) is 0 Å². The molecule has 5 heteroatoms. The van der Waals surface area contributed by atoms with Crippen molar-refractivity contribution in [1.82, 2.24) is 4.72 Å². The molecule has 0 bridgehead atoms. The molecule has 0 aliphatic carbocycles. The van der Waals surface area contributed by atoms with Crippen LogP contribution in [0, 0.1) is 0 Å². The molecule has 0 atom stereocenters. The second-order valence-electron chi connectivity index (χ2n) is 4.31. The summed E-state index contributed by atoms with van der Waals surface area (Å²) in [7, 11) is -3.36. The number of sulfonamides is 1. The van der Waals surface area contributed by atoms with Crippen molar-refractivity contribution in [1.29, 1.82) is 0 Å². The largest absolute Gasteiger partial charge is 0.326 e. The Labute approximate surface area is 110 Å². The minimum atomic E-state index is -3.36. The van der Waals surface area contributed by atoms with Crippen LogP contribution in [0.15, 0.2) is 29.2 Å². The Morgan fingerprint density at radius 1 is 1.11 bits per heavy atom. The van der Waals surface area contributed by atoms with E-state index >= 15 is 0 Å². The van der Waals surface area contributed by atoms with E-state index in [0.29, 0.717) is 18.0 Å². The van der Waals surface area contributed by atoms with Crippen LogP contribution in [0.2, 0.25) is 0 Å². The highest BCUT2D eigenvalue weighted by atomic mass is 32.2. The van der Waals surface area contributed by atoms with E-state index < -0.39 is 10.0 Å². The van der Waals surface area contributed by atoms with Gasteiger partial charge in [-0.15, -0.1) is 0 Å². The van der Waals surface area contributed by atoms with Crippen molar-refractivity contribution >= 4 is 10.0 Å². The highest BCUT2D eigenvalue weighted by molar-refractivity contribution is 7.89. The number of unbranched alkanes of at least 4 members (excludes halogenated alkanes) is 3. The summed E-state index contributed by atoms with van der Waals surface area (Å²) >= 11 is 0. The summed E-state index contributed by atoms with van der Waals surface area (Å²) in [4.78, 5) is 0.301. The molecule has 0 saturated heterocycles. The molecule has 0 aliphatic heterocycles. The van der Waals surface area contributed by atoms with Crippen LogP contribution in [0.4, 0.5) is 0 Å². The monoisotopic (exact) mass is 270 g/mol. The van der Waals surface area contributed by atoms with Crippen LogP contribution in [0.5, 0.6) is 0 Å². The first-order valence-electron chi connectivity index (χ1n) is 6.39. The van der Waals surface area contributed by atoms with E-state index in [1.165, 1.54) is 0 Å². The third kappa shape index (κ3) is 4.76. The van der Waals surface area contributed by atoms with Gasteiger partial charge in [-0.25, -0.2) is 13.1 Å². The first-order valence-corrected chi connectivity index (χ1v) is 7.87. The maximum absolute atomic E-state index is 11.9. The minimum Gasteiger partial charge on any atom is -0.326 e. The van der Waals surface area contributed by atoms with Crippen molar-refractivity contribution in [3.8, 4) is 0 Å². The van der Waals surface area contributed by atoms with Gasteiger partial charge in [0.2, 0.25) is 10.0 Å². The number of nitrogens with one attached hydrogen (secondary N) is 1. The Morgan fingerprint density at radius 3 is 2.33 bits per heavy atom. The number of hydrogen-bond acceptors (Lipinski definition) is 3. The number of benzene rings is 1. The fraction of sp³-hybridized carbons (Fsp3) is 0.538. The molecule has 3 N–H and O–H groups in total. The lowest BCUT2D eigenvalue weighted by atomic mass is 10.2. The van der Waals surface area contributed by atoms with Crippen LogP contribution < -0.4 is 10.5 Å². The van der Waals surface area contributed by atoms with Crippen molar-refractivity contribution in [2.45, 2.75) is 44.0 Å². The summed E-state index contributed by atoms with van der Waals surface area (Å²) in [5.41, 5.74) is 6.40. The van der Waals surface area contributed by atoms with E-state index in [-0.39, 0.29) is 0 Å². The smallest absolute Gasteiger partial charge is 0.240 e. The summed E-state index contributed by atoms with van der Waals surface area (Å²) in [5.74, 6) is 0. The van der Waals surface area contributed by atoms with E-state index in [1.807, 2.05) is 0 Å². The molecular formula is C13H22N2O2S. The van der Waals surface area contributed by atoms with Crippen LogP contribution >= 0.6 is 0 Å². The van der Waals surface area contributed by atoms with Gasteiger partial charge in [0.15, 0.2) is 0 Å². The zero-order valence-corrected chi connectivity index (χ0v) is 11.7. The molecule has 4 nitrogen and oxygen atoms in total. The van der Waals surface area contributed by atoms with Crippen LogP contribution in [0.3, 0.4) is 0 Å². The Bertz CT molecular complexity index is 441. The number of rotatable bonds is 8. The molecule has 1 aromatic carbocycles. The van der Waals surface area contributed by atoms with Crippen molar-refractivity contribution in [2.75, 3.05) is 6.54 Å². The zero-order chi connectivity index (χ0) is 13.4. The Hall–Kier alpha value is -0.910. The lowest BCUT2D eigenvalue weighted by Gasteiger charge is -2.07. The second kappa shape index (κ2) is 7.51. The molecule has 0 saturated carbocycles. The van der Waals surface area contributed by atoms with Crippen LogP contribution in [0.1, 0.15) is 38.2 Å². The molecule has 102 valence electrons. The fourth-order valence-corrected chi connectivity index (χ4v) is 2.72. The summed E-state index contributed by atoms with van der Waals surface area (Å²) in [6.45, 7) is 3.05. The summed E-state index contributed by atoms with van der Waals surface area (Å²) in [5, 5.41) is 0. The maximum atomic E-state index is 11.9. The normalized spacial score (nSPS) is 11.7. The molecule has 0 spiro atoms. The zero-order valence-electron chi connectivity index (χ0n) is 10.9. The number of nitrogens with two attached hydrogens (primary N) is 1. The summed E-state index contributed by atoms with van der Waals surface area (Å²) in [6.07, 6.45) is 4.24. The van der Waals surface area contributed by atoms with Crippen molar-refractivity contribution < 1.29 is 8.42 Å². The number of hydrogen-bond donors (Lipinski definition) is 2. The molecule has 0 fully saturated rings. The molecule has 18 heavy (non-hydrogen) atoms. The Kier molecular flexibility index (Phi) is 6.32. The van der Waals surface area contributed by atoms with Gasteiger partial charge in [-0.05, 0) is 24.1 Å². The van der Waals surface area contributed by atoms with Crippen molar-refractivity contribution in [3.63, 3.8) is 0 Å². The van der Waals surface area contributed by atoms with E-state index in [4.69, 9.17) is 5.73 Å². The lowest BCUT2D eigenvalue weighted by molar-refractivity contribution is 0.573. The molecule has 0 radical (unpaired) electrons. The van der Waals surface area contributed by atoms with Crippen LogP contribution in [-0.2, 0) is 16.6 Å². The molecule has 1 rings (SSSR count). The Morgan fingerprint density at radius 2 is 1.78 bits per heavy atom. The predicted octanol–water partition coefficient (Wildman–Crippen LogP) is 2.00. The van der Waals surface area contributed by atoms with E-state index in [2.05, 4.69) is 11.6 Å². The average molecular weight is 270 g/mol. The maximum Gasteiger partial charge on any atom is 0.240 e. The molecule has 0 heterocycles. The van der Waals surface area contributed by atoms with Gasteiger partial charge in [0.25, 0.3) is 0 Å². The Balaban J connectivity index is 2.51. The summed E-state index contributed by atoms with van der Waals surface area (Å²) < 4.78 is 26.5. The van der Waals surface area contributed by atoms with Crippen molar-refractivity contribution in [3.05, 3.63) is 29.8 Å². The quantitative estimate of drug-likeness (QED) is 0.710. The van der Waals surface area contributed by atoms with E-state index in [0.717, 1.165) is 31.2 Å². The molecule has 1 aromatic rings. The lowest BCUT2D eigenvalue weighted by Crippen LogP contribution is -2.24. The van der Waals surface area contributed by atoms with Gasteiger partial charge in [-0.3, -0.25) is 0 Å². The average Bonchev–Trinajstić information content (AvgIpc) is 2.38. The summed E-state index contributed by atoms with van der Waals surface area (Å²) in [6, 6.07) is 6.67. The van der Waals surface area contributed by atoms with Crippen LogP contribution in [-0.4, -0.2) is 15.0 Å². The molecule has 0 amide bonds. The van der Waals surface area contributed by atoms with Gasteiger partial charge < -0.3 is 5.73 Å². The van der Waals surface area contributed by atoms with E-state index in [9.17, 15) is 8.42 Å². The topological polar surface area (TPSA) is 72.2 Å². The van der Waals surface area contributed by atoms with E-state index in [1.54, 1.807) is 24.3 Å². The highest BCUT2D eigenvalue weighted by Crippen LogP contribution is 2.10. The standard InChI is InChI=1S/C13H22N2O2S/c1-2-3-4-5-10-15-18(16,17)13-8-6-12(11-14)7-9-13/h6-9,15H,2-5,10-11,14H2,1H3. The fourth-order valence-electron chi connectivity index (χ4n) is 1.65.